The zero-order valence-corrected chi connectivity index (χ0v) is 8.73. The highest BCUT2D eigenvalue weighted by Gasteiger charge is 1.85. The number of hydrogen-bond donors (Lipinski definition) is 0. The zero-order chi connectivity index (χ0) is 9.90. The molecule has 0 unspecified atom stereocenters. The summed E-state index contributed by atoms with van der Waals surface area (Å²) >= 11 is 0. The molecule has 0 heteroatoms. The van der Waals surface area contributed by atoms with Crippen molar-refractivity contribution < 1.29 is 0 Å². The topological polar surface area (TPSA) is 0 Å². The van der Waals surface area contributed by atoms with Gasteiger partial charge in [-0.15, -0.1) is 0 Å². The quantitative estimate of drug-likeness (QED) is 0.528. The zero-order valence-electron chi connectivity index (χ0n) is 8.73. The van der Waals surface area contributed by atoms with Gasteiger partial charge in [-0.3, -0.25) is 0 Å². The highest BCUT2D eigenvalue weighted by atomic mass is 13.9. The van der Waals surface area contributed by atoms with Crippen molar-refractivity contribution in [1.29, 1.82) is 0 Å². The molecule has 0 heterocycles. The fourth-order valence-electron chi connectivity index (χ4n) is 1.32. The van der Waals surface area contributed by atoms with Crippen LogP contribution in [0.1, 0.15) is 32.1 Å². The minimum absolute atomic E-state index is 1.03. The van der Waals surface area contributed by atoms with Gasteiger partial charge in [-0.1, -0.05) is 48.6 Å². The van der Waals surface area contributed by atoms with Crippen LogP contribution in [-0.4, -0.2) is 0 Å². The Kier molecular flexibility index (Phi) is 6.74. The van der Waals surface area contributed by atoms with Gasteiger partial charge in [0.1, 0.15) is 0 Å². The molecule has 75 valence electrons. The number of hydrogen-bond acceptors (Lipinski definition) is 0. The first-order chi connectivity index (χ1) is 7.00. The van der Waals surface area contributed by atoms with Gasteiger partial charge < -0.3 is 0 Å². The van der Waals surface area contributed by atoms with Crippen LogP contribution in [0.4, 0.5) is 0 Å². The van der Waals surface area contributed by atoms with Crippen molar-refractivity contribution in [3.8, 4) is 0 Å². The summed E-state index contributed by atoms with van der Waals surface area (Å²) in [5.74, 6) is 0. The third kappa shape index (κ3) is 6.47. The van der Waals surface area contributed by atoms with E-state index in [0.29, 0.717) is 0 Å². The van der Waals surface area contributed by atoms with Crippen molar-refractivity contribution in [1.82, 2.24) is 0 Å². The van der Waals surface area contributed by atoms with E-state index in [1.165, 1.54) is 19.3 Å². The molecule has 0 spiro atoms. The van der Waals surface area contributed by atoms with E-state index in [-0.39, 0.29) is 0 Å². The molecule has 0 atom stereocenters. The van der Waals surface area contributed by atoms with Crippen molar-refractivity contribution in [3.05, 3.63) is 55.0 Å². The van der Waals surface area contributed by atoms with E-state index < -0.39 is 0 Å². The Morgan fingerprint density at radius 2 is 1.21 bits per heavy atom. The molecule has 0 aromatic rings. The molecule has 0 fully saturated rings. The van der Waals surface area contributed by atoms with Crippen LogP contribution in [0.25, 0.3) is 0 Å². The van der Waals surface area contributed by atoms with Gasteiger partial charge in [0.2, 0.25) is 0 Å². The number of allylic oxidation sites excluding steroid dienone is 8. The van der Waals surface area contributed by atoms with E-state index in [4.69, 9.17) is 0 Å². The van der Waals surface area contributed by atoms with E-state index >= 15 is 0 Å². The predicted octanol–water partition coefficient (Wildman–Crippen LogP) is 4.38. The van der Waals surface area contributed by atoms with Crippen molar-refractivity contribution in [2.75, 3.05) is 0 Å². The first-order valence-corrected chi connectivity index (χ1v) is 5.45. The molecular weight excluding hydrogens is 168 g/mol. The SMILES string of the molecule is [CH]1C/C=C\C=C\C/C=C/C=C\CCC1. The van der Waals surface area contributed by atoms with Gasteiger partial charge in [-0.05, 0) is 38.5 Å². The first-order valence-electron chi connectivity index (χ1n) is 5.45. The van der Waals surface area contributed by atoms with Gasteiger partial charge >= 0.3 is 0 Å². The standard InChI is InChI=1S/C14H19/c1-2-4-6-8-10-12-14-13-11-9-7-5-3-1/h1-4,7-9,11,13H,5-6,10,12,14H2/b3-1+,4-2-,9-7+,13-11-. The summed E-state index contributed by atoms with van der Waals surface area (Å²) in [5, 5.41) is 0. The number of rotatable bonds is 0. The van der Waals surface area contributed by atoms with E-state index in [0.717, 1.165) is 12.8 Å². The van der Waals surface area contributed by atoms with Crippen LogP contribution >= 0.6 is 0 Å². The average Bonchev–Trinajstić information content (AvgIpc) is 2.22. The van der Waals surface area contributed by atoms with Crippen LogP contribution in [0, 0.1) is 6.42 Å². The lowest BCUT2D eigenvalue weighted by Crippen LogP contribution is -1.76. The maximum Gasteiger partial charge on any atom is -0.0163 e. The van der Waals surface area contributed by atoms with Crippen LogP contribution in [0.15, 0.2) is 48.6 Å². The van der Waals surface area contributed by atoms with Crippen LogP contribution < -0.4 is 0 Å². The summed E-state index contributed by atoms with van der Waals surface area (Å²) in [7, 11) is 0. The summed E-state index contributed by atoms with van der Waals surface area (Å²) < 4.78 is 0. The fourth-order valence-corrected chi connectivity index (χ4v) is 1.32. The molecule has 0 nitrogen and oxygen atoms in total. The van der Waals surface area contributed by atoms with E-state index in [2.05, 4.69) is 55.0 Å². The molecule has 0 amide bonds. The highest BCUT2D eigenvalue weighted by molar-refractivity contribution is 5.09. The van der Waals surface area contributed by atoms with Gasteiger partial charge in [0, 0.05) is 0 Å². The summed E-state index contributed by atoms with van der Waals surface area (Å²) in [6.45, 7) is 0. The third-order valence-corrected chi connectivity index (χ3v) is 2.12. The van der Waals surface area contributed by atoms with Crippen LogP contribution in [0.3, 0.4) is 0 Å². The molecule has 14 heavy (non-hydrogen) atoms. The molecule has 0 aromatic heterocycles. The Morgan fingerprint density at radius 3 is 2.00 bits per heavy atom. The second-order valence-electron chi connectivity index (χ2n) is 3.40. The van der Waals surface area contributed by atoms with Crippen LogP contribution in [0.5, 0.6) is 0 Å². The average molecular weight is 187 g/mol. The molecule has 0 N–H and O–H groups in total. The summed E-state index contributed by atoms with van der Waals surface area (Å²) in [5.41, 5.74) is 0. The maximum atomic E-state index is 2.35. The fraction of sp³-hybridized carbons (Fsp3) is 0.357. The van der Waals surface area contributed by atoms with Gasteiger partial charge in [0.15, 0.2) is 0 Å². The van der Waals surface area contributed by atoms with Crippen molar-refractivity contribution in [3.63, 3.8) is 0 Å². The normalized spacial score (nSPS) is 28.6. The molecule has 1 aliphatic carbocycles. The second kappa shape index (κ2) is 8.55. The Bertz CT molecular complexity index is 204. The summed E-state index contributed by atoms with van der Waals surface area (Å²) in [6, 6.07) is 0. The Morgan fingerprint density at radius 1 is 0.571 bits per heavy atom. The molecule has 1 radical (unpaired) electrons. The highest BCUT2D eigenvalue weighted by Crippen LogP contribution is 2.04. The molecule has 0 bridgehead atoms. The molecule has 0 saturated carbocycles. The summed E-state index contributed by atoms with van der Waals surface area (Å²) in [4.78, 5) is 0. The smallest absolute Gasteiger partial charge is 0.0163 e. The van der Waals surface area contributed by atoms with E-state index in [1.54, 1.807) is 0 Å². The largest absolute Gasteiger partial charge is 0.0845 e. The molecule has 1 aliphatic rings. The van der Waals surface area contributed by atoms with Gasteiger partial charge in [0.25, 0.3) is 0 Å². The maximum absolute atomic E-state index is 2.35. The van der Waals surface area contributed by atoms with Crippen LogP contribution in [-0.2, 0) is 0 Å². The monoisotopic (exact) mass is 187 g/mol. The lowest BCUT2D eigenvalue weighted by Gasteiger charge is -1.94. The van der Waals surface area contributed by atoms with E-state index in [1.807, 2.05) is 0 Å². The Balaban J connectivity index is 2.35. The minimum atomic E-state index is 1.03. The predicted molar refractivity (Wildman–Crippen MR) is 63.9 cm³/mol. The van der Waals surface area contributed by atoms with Gasteiger partial charge in [-0.25, -0.2) is 0 Å². The van der Waals surface area contributed by atoms with Gasteiger partial charge in [-0.2, -0.15) is 0 Å². The van der Waals surface area contributed by atoms with Crippen molar-refractivity contribution in [2.45, 2.75) is 32.1 Å². The lowest BCUT2D eigenvalue weighted by molar-refractivity contribution is 0.811. The molecule has 0 aliphatic heterocycles. The third-order valence-electron chi connectivity index (χ3n) is 2.12. The minimum Gasteiger partial charge on any atom is -0.0845 e. The van der Waals surface area contributed by atoms with Crippen molar-refractivity contribution >= 4 is 0 Å². The Hall–Kier alpha value is -1.04. The van der Waals surface area contributed by atoms with Crippen LogP contribution in [0.2, 0.25) is 0 Å². The summed E-state index contributed by atoms with van der Waals surface area (Å²) in [6.07, 6.45) is 25.5. The van der Waals surface area contributed by atoms with E-state index in [9.17, 15) is 0 Å². The van der Waals surface area contributed by atoms with Gasteiger partial charge in [0.05, 0.1) is 0 Å². The lowest BCUT2D eigenvalue weighted by atomic mass is 10.1. The van der Waals surface area contributed by atoms with Crippen molar-refractivity contribution in [2.24, 2.45) is 0 Å². The molecular formula is C14H19. The molecule has 1 rings (SSSR count). The second-order valence-corrected chi connectivity index (χ2v) is 3.40. The molecule has 0 aromatic carbocycles. The Labute approximate surface area is 87.7 Å². The molecule has 0 saturated heterocycles. The first kappa shape index (κ1) is 11.0.